The van der Waals surface area contributed by atoms with Crippen LogP contribution in [0.1, 0.15) is 254 Å². The number of hydrogen-bond donors (Lipinski definition) is 0. The van der Waals surface area contributed by atoms with Crippen LogP contribution in [0.3, 0.4) is 0 Å². The molecule has 0 heterocycles. The first-order valence-electron chi connectivity index (χ1n) is 41.3. The van der Waals surface area contributed by atoms with Gasteiger partial charge in [-0.2, -0.15) is 0 Å². The van der Waals surface area contributed by atoms with E-state index >= 15 is 0 Å². The Labute approximate surface area is 619 Å². The van der Waals surface area contributed by atoms with Crippen LogP contribution in [0, 0.1) is 69.1 Å². The van der Waals surface area contributed by atoms with Gasteiger partial charge in [0.05, 0.1) is 38.6 Å². The average Bonchev–Trinajstić information content (AvgIpc) is 0.845. The van der Waals surface area contributed by atoms with Gasteiger partial charge in [0.2, 0.25) is 0 Å². The average molecular weight is 1380 g/mol. The van der Waals surface area contributed by atoms with Gasteiger partial charge in [-0.15, -0.1) is 0 Å². The lowest BCUT2D eigenvalue weighted by atomic mass is 9.70. The maximum absolute atomic E-state index is 6.25. The van der Waals surface area contributed by atoms with Crippen LogP contribution in [0.4, 0.5) is 0 Å². The lowest BCUT2D eigenvalue weighted by molar-refractivity contribution is 0.00457. The van der Waals surface area contributed by atoms with Crippen LogP contribution in [0.25, 0.3) is 33.4 Å². The molecule has 5 fully saturated rings. The van der Waals surface area contributed by atoms with Crippen molar-refractivity contribution in [1.82, 2.24) is 0 Å². The smallest absolute Gasteiger partial charge is 0.122 e. The molecule has 0 saturated heterocycles. The van der Waals surface area contributed by atoms with Crippen molar-refractivity contribution in [3.8, 4) is 56.4 Å². The number of benzene rings is 7. The molecule has 0 aromatic heterocycles. The summed E-state index contributed by atoms with van der Waals surface area (Å²) in [5, 5.41) is 0. The molecule has 6 heteroatoms. The molecule has 0 amide bonds. The van der Waals surface area contributed by atoms with Crippen LogP contribution < -0.4 is 18.9 Å². The number of rotatable bonds is 32. The van der Waals surface area contributed by atoms with E-state index in [2.05, 4.69) is 194 Å². The fourth-order valence-corrected chi connectivity index (χ4v) is 17.0. The fraction of sp³-hybridized carbons (Fsp3) is 0.562. The van der Waals surface area contributed by atoms with Crippen LogP contribution in [0.15, 0.2) is 164 Å². The Kier molecular flexibility index (Phi) is 33.1. The van der Waals surface area contributed by atoms with Crippen molar-refractivity contribution in [2.24, 2.45) is 41.4 Å². The minimum Gasteiger partial charge on any atom is -0.494 e. The van der Waals surface area contributed by atoms with Gasteiger partial charge in [-0.3, -0.25) is 0 Å². The van der Waals surface area contributed by atoms with Gasteiger partial charge in [-0.1, -0.05) is 217 Å². The molecule has 6 nitrogen and oxygen atoms in total. The molecule has 552 valence electrons. The van der Waals surface area contributed by atoms with Crippen molar-refractivity contribution >= 4 is 0 Å². The quantitative estimate of drug-likeness (QED) is 0.0392. The first-order valence-corrected chi connectivity index (χ1v) is 41.3. The van der Waals surface area contributed by atoms with Gasteiger partial charge in [-0.25, -0.2) is 0 Å². The van der Waals surface area contributed by atoms with Gasteiger partial charge in [0.25, 0.3) is 0 Å². The second-order valence-corrected chi connectivity index (χ2v) is 32.1. The normalized spacial score (nSPS) is 22.8. The van der Waals surface area contributed by atoms with E-state index in [9.17, 15) is 0 Å². The molecule has 7 aromatic rings. The molecule has 0 aliphatic heterocycles. The monoisotopic (exact) mass is 1380 g/mol. The van der Waals surface area contributed by atoms with Crippen molar-refractivity contribution in [3.05, 3.63) is 192 Å². The van der Waals surface area contributed by atoms with Crippen molar-refractivity contribution in [2.75, 3.05) is 39.6 Å². The van der Waals surface area contributed by atoms with Crippen LogP contribution in [0.5, 0.6) is 23.0 Å². The maximum atomic E-state index is 6.25. The standard InChI is InChI=1S/C37H56O4.C33H48O2.C26H28/c1-29-10-14-32(15-11-29)33-16-20-35(21-17-33)39-26-8-9-27-41-37-23-22-36(28-31(37)3)40-25-7-5-4-6-24-38-34-18-12-30(2)13-19-34;1-3-4-7-27-10-14-29(15-11-27)31-18-22-33(23-19-31)35-25-6-5-24-34-32-20-16-30(17-21-32)28-12-8-26(2)9-13-28;1-19-3-7-21(8-4-19)23-11-15-25(16-12-23)26-17-13-24(14-18-26)22-9-5-20(2)6-10-22/h12-13,18-19,22-23,28-29,32-33,35H,4-11,14-17,20-21,24-27H2,1-3H3;8-9,12-13,16-17,20-21,27,29,31,33H,3-7,10-11,14-15,18-19,22-25H2,1-2H3;3-4,7-8,11-18,20,22H,5-6,9-10H2,1-2H3. The minimum atomic E-state index is 0.488. The number of hydrogen-bond acceptors (Lipinski definition) is 6. The van der Waals surface area contributed by atoms with Crippen molar-refractivity contribution in [1.29, 1.82) is 0 Å². The predicted molar refractivity (Wildman–Crippen MR) is 430 cm³/mol. The number of aryl methyl sites for hydroxylation is 4. The lowest BCUT2D eigenvalue weighted by Crippen LogP contribution is -2.28. The summed E-state index contributed by atoms with van der Waals surface area (Å²) in [6, 6.07) is 58.6. The molecule has 5 aliphatic carbocycles. The highest BCUT2D eigenvalue weighted by Crippen LogP contribution is 2.44. The van der Waals surface area contributed by atoms with Gasteiger partial charge in [0.1, 0.15) is 23.0 Å². The third-order valence-corrected chi connectivity index (χ3v) is 24.0. The van der Waals surface area contributed by atoms with Crippen LogP contribution in [-0.4, -0.2) is 51.8 Å². The maximum Gasteiger partial charge on any atom is 0.122 e. The highest BCUT2D eigenvalue weighted by atomic mass is 16.5. The molecule has 0 radical (unpaired) electrons. The van der Waals surface area contributed by atoms with Crippen LogP contribution >= 0.6 is 0 Å². The molecular formula is C96H132O6. The molecule has 0 N–H and O–H groups in total. The summed E-state index contributed by atoms with van der Waals surface area (Å²) in [5.41, 5.74) is 14.2. The van der Waals surface area contributed by atoms with Gasteiger partial charge in [0.15, 0.2) is 0 Å². The zero-order chi connectivity index (χ0) is 70.9. The Bertz CT molecular complexity index is 3350. The Balaban J connectivity index is 0.000000169. The third kappa shape index (κ3) is 26.7. The molecule has 0 spiro atoms. The minimum absolute atomic E-state index is 0.488. The van der Waals surface area contributed by atoms with E-state index in [4.69, 9.17) is 28.4 Å². The molecule has 0 atom stereocenters. The third-order valence-electron chi connectivity index (χ3n) is 24.0. The molecule has 7 aromatic carbocycles. The van der Waals surface area contributed by atoms with E-state index in [-0.39, 0.29) is 0 Å². The summed E-state index contributed by atoms with van der Waals surface area (Å²) in [4.78, 5) is 0. The summed E-state index contributed by atoms with van der Waals surface area (Å²) in [5.74, 6) is 11.4. The molecule has 12 rings (SSSR count). The van der Waals surface area contributed by atoms with Gasteiger partial charge in [0, 0.05) is 13.2 Å². The van der Waals surface area contributed by atoms with Crippen molar-refractivity contribution in [2.45, 2.75) is 266 Å². The Morgan fingerprint density at radius 1 is 0.294 bits per heavy atom. The van der Waals surface area contributed by atoms with Gasteiger partial charge in [-0.05, 0) is 303 Å². The van der Waals surface area contributed by atoms with Gasteiger partial charge >= 0.3 is 0 Å². The zero-order valence-electron chi connectivity index (χ0n) is 64.5. The van der Waals surface area contributed by atoms with Gasteiger partial charge < -0.3 is 28.4 Å². The van der Waals surface area contributed by atoms with E-state index in [1.54, 1.807) is 0 Å². The first kappa shape index (κ1) is 78.3. The number of ether oxygens (including phenoxy) is 6. The summed E-state index contributed by atoms with van der Waals surface area (Å²) in [6.07, 6.45) is 41.9. The van der Waals surface area contributed by atoms with E-state index in [0.29, 0.717) is 12.2 Å². The largest absolute Gasteiger partial charge is 0.494 e. The second-order valence-electron chi connectivity index (χ2n) is 32.1. The Morgan fingerprint density at radius 2 is 0.618 bits per heavy atom. The van der Waals surface area contributed by atoms with Crippen molar-refractivity contribution in [3.63, 3.8) is 0 Å². The molecule has 0 bridgehead atoms. The summed E-state index contributed by atoms with van der Waals surface area (Å²) >= 11 is 0. The SMILES string of the molecule is CCCCC1CCC(C2CCC(OCCCCOc3ccc(-c4ccc(C)cc4)cc3)CC2)CC1.Cc1ccc(-c2ccc(-c3ccc(C4CCC(C)CC4)cc3)cc2)cc1.Cc1ccc(OCCCCCCOc2ccc(OCCCCOC3CCC(C4CCC(C)CC4)CC3)c(C)c2)cc1. The molecule has 5 aliphatic rings. The highest BCUT2D eigenvalue weighted by molar-refractivity contribution is 5.71. The Morgan fingerprint density at radius 3 is 1.05 bits per heavy atom. The van der Waals surface area contributed by atoms with E-state index < -0.39 is 0 Å². The van der Waals surface area contributed by atoms with E-state index in [1.165, 1.54) is 203 Å². The molecule has 102 heavy (non-hydrogen) atoms. The summed E-state index contributed by atoms with van der Waals surface area (Å²) < 4.78 is 36.3. The Hall–Kier alpha value is -6.34. The van der Waals surface area contributed by atoms with Crippen LogP contribution in [-0.2, 0) is 9.47 Å². The summed E-state index contributed by atoms with van der Waals surface area (Å²) in [7, 11) is 0. The lowest BCUT2D eigenvalue weighted by Gasteiger charge is -2.37. The van der Waals surface area contributed by atoms with E-state index in [0.717, 1.165) is 167 Å². The second kappa shape index (κ2) is 43.2. The topological polar surface area (TPSA) is 55.4 Å². The fourth-order valence-electron chi connectivity index (χ4n) is 17.0. The predicted octanol–water partition coefficient (Wildman–Crippen LogP) is 26.9. The zero-order valence-corrected chi connectivity index (χ0v) is 64.5. The molecular weight excluding hydrogens is 1250 g/mol. The summed E-state index contributed by atoms with van der Waals surface area (Å²) in [6.45, 7) is 20.4. The highest BCUT2D eigenvalue weighted by Gasteiger charge is 2.32. The van der Waals surface area contributed by atoms with Crippen molar-refractivity contribution < 1.29 is 28.4 Å². The van der Waals surface area contributed by atoms with E-state index in [1.807, 2.05) is 18.2 Å². The molecule has 5 saturated carbocycles. The molecule has 0 unspecified atom stereocenters. The van der Waals surface area contributed by atoms with Crippen LogP contribution in [0.2, 0.25) is 0 Å². The first-order chi connectivity index (χ1) is 50.0. The number of unbranched alkanes of at least 4 members (excludes halogenated alkanes) is 6.